The van der Waals surface area contributed by atoms with Crippen LogP contribution in [0.3, 0.4) is 0 Å². The molecule has 2 bridgehead atoms. The Morgan fingerprint density at radius 2 is 1.83 bits per heavy atom. The maximum atomic E-state index is 10.9. The second kappa shape index (κ2) is 4.12. The third-order valence-corrected chi connectivity index (χ3v) is 3.37. The molecule has 2 saturated carbocycles. The number of carbonyl (C=O) groups excluding carboxylic acids is 1. The van der Waals surface area contributed by atoms with Crippen LogP contribution >= 0.6 is 0 Å². The molecule has 0 aromatic heterocycles. The van der Waals surface area contributed by atoms with Gasteiger partial charge in [-0.25, -0.2) is 0 Å². The first-order chi connectivity index (χ1) is 5.27. The Bertz CT molecular complexity index is 183. The molecular formula is C9H14NNaO. The fourth-order valence-corrected chi connectivity index (χ4v) is 2.74. The summed E-state index contributed by atoms with van der Waals surface area (Å²) in [5.74, 6) is 1.28. The Morgan fingerprint density at radius 3 is 2.50 bits per heavy atom. The van der Waals surface area contributed by atoms with E-state index < -0.39 is 0 Å². The molecule has 0 aliphatic heterocycles. The Balaban J connectivity index is 0.000000720. The third kappa shape index (κ3) is 1.86. The molecule has 2 nitrogen and oxygen atoms in total. The third-order valence-electron chi connectivity index (χ3n) is 3.37. The monoisotopic (exact) mass is 175 g/mol. The number of carbonyl (C=O) groups is 1. The van der Waals surface area contributed by atoms with Gasteiger partial charge in [-0.15, -0.1) is 0 Å². The van der Waals surface area contributed by atoms with Gasteiger partial charge >= 0.3 is 29.6 Å². The van der Waals surface area contributed by atoms with Crippen molar-refractivity contribution in [1.29, 1.82) is 0 Å². The van der Waals surface area contributed by atoms with E-state index in [4.69, 9.17) is 5.73 Å². The van der Waals surface area contributed by atoms with Gasteiger partial charge in [-0.1, -0.05) is 6.42 Å². The number of amides is 1. The van der Waals surface area contributed by atoms with Crippen LogP contribution in [0, 0.1) is 17.8 Å². The Hall–Kier alpha value is 0.470. The predicted octanol–water partition coefficient (Wildman–Crippen LogP) is -0.604. The normalized spacial score (nSPS) is 38.8. The molecule has 0 saturated heterocycles. The molecule has 62 valence electrons. The second-order valence-corrected chi connectivity index (χ2v) is 3.99. The molecule has 3 atom stereocenters. The Kier molecular flexibility index (Phi) is 3.62. The molecule has 2 aliphatic carbocycles. The molecule has 0 radical (unpaired) electrons. The summed E-state index contributed by atoms with van der Waals surface area (Å²) in [4.78, 5) is 10.9. The van der Waals surface area contributed by atoms with Gasteiger partial charge in [0.1, 0.15) is 0 Å². The van der Waals surface area contributed by atoms with Crippen molar-refractivity contribution in [3.63, 3.8) is 0 Å². The molecule has 2 aliphatic rings. The van der Waals surface area contributed by atoms with Gasteiger partial charge in [0.05, 0.1) is 5.91 Å². The van der Waals surface area contributed by atoms with Crippen LogP contribution < -0.4 is 29.6 Å². The van der Waals surface area contributed by atoms with E-state index in [1.807, 2.05) is 0 Å². The summed E-state index contributed by atoms with van der Waals surface area (Å²) in [6.07, 6.45) is 5.95. The minimum atomic E-state index is -0.310. The summed E-state index contributed by atoms with van der Waals surface area (Å²) in [5, 5.41) is 0. The fraction of sp³-hybridized carbons (Fsp3) is 0.889. The van der Waals surface area contributed by atoms with E-state index in [-0.39, 0.29) is 41.4 Å². The first-order valence-corrected chi connectivity index (χ1v) is 4.53. The first kappa shape index (κ1) is 10.6. The maximum absolute atomic E-state index is 10.9. The summed E-state index contributed by atoms with van der Waals surface area (Å²) < 4.78 is 0. The van der Waals surface area contributed by atoms with Crippen LogP contribution in [0.4, 0.5) is 0 Å². The Morgan fingerprint density at radius 1 is 1.17 bits per heavy atom. The number of hydrogen-bond donors (Lipinski definition) is 0. The van der Waals surface area contributed by atoms with Crippen LogP contribution in [0.15, 0.2) is 0 Å². The van der Waals surface area contributed by atoms with Crippen molar-refractivity contribution in [2.45, 2.75) is 32.1 Å². The molecule has 0 heterocycles. The van der Waals surface area contributed by atoms with Crippen LogP contribution in [-0.4, -0.2) is 5.91 Å². The van der Waals surface area contributed by atoms with Crippen molar-refractivity contribution in [2.75, 3.05) is 0 Å². The number of nitrogens with one attached hydrogen (secondary N) is 1. The number of hydrogen-bond acceptors (Lipinski definition) is 1. The molecule has 1 N–H and O–H groups in total. The van der Waals surface area contributed by atoms with Crippen LogP contribution in [-0.2, 0) is 4.79 Å². The van der Waals surface area contributed by atoms with Gasteiger partial charge in [-0.3, -0.25) is 0 Å². The molecule has 3 heteroatoms. The number of fused-ring (bicyclic) bond motifs is 2. The molecule has 1 amide bonds. The van der Waals surface area contributed by atoms with E-state index in [0.29, 0.717) is 5.92 Å². The fourth-order valence-electron chi connectivity index (χ4n) is 2.74. The zero-order valence-electron chi connectivity index (χ0n) is 7.68. The van der Waals surface area contributed by atoms with Crippen molar-refractivity contribution in [3.05, 3.63) is 5.73 Å². The van der Waals surface area contributed by atoms with Crippen LogP contribution in [0.25, 0.3) is 5.73 Å². The van der Waals surface area contributed by atoms with E-state index in [1.54, 1.807) is 0 Å². The smallest absolute Gasteiger partial charge is 0.668 e. The van der Waals surface area contributed by atoms with Crippen LogP contribution in [0.5, 0.6) is 0 Å². The molecule has 12 heavy (non-hydrogen) atoms. The summed E-state index contributed by atoms with van der Waals surface area (Å²) in [5.41, 5.74) is 7.09. The van der Waals surface area contributed by atoms with Crippen LogP contribution in [0.1, 0.15) is 32.1 Å². The largest absolute Gasteiger partial charge is 1.00 e. The molecule has 0 spiro atoms. The first-order valence-electron chi connectivity index (χ1n) is 4.53. The average Bonchev–Trinajstić information content (AvgIpc) is 2.32. The van der Waals surface area contributed by atoms with E-state index >= 15 is 0 Å². The quantitative estimate of drug-likeness (QED) is 0.490. The van der Waals surface area contributed by atoms with Crippen molar-refractivity contribution in [1.82, 2.24) is 0 Å². The van der Waals surface area contributed by atoms with Crippen LogP contribution in [0.2, 0.25) is 0 Å². The molecule has 0 aromatic carbocycles. The standard InChI is InChI=1S/C9H15NO.Na/c10-9(11)8-4-2-6-1-3-7(8)5-6;/h6-8H,1-5H2,(H2,10,11);/q;+1/p-1. The maximum Gasteiger partial charge on any atom is 1.00 e. The average molecular weight is 175 g/mol. The van der Waals surface area contributed by atoms with E-state index in [1.165, 1.54) is 25.7 Å². The van der Waals surface area contributed by atoms with Crippen molar-refractivity contribution in [2.24, 2.45) is 17.8 Å². The molecule has 0 aromatic rings. The van der Waals surface area contributed by atoms with Gasteiger partial charge in [0.25, 0.3) is 0 Å². The summed E-state index contributed by atoms with van der Waals surface area (Å²) in [6.45, 7) is 0. The molecule has 2 fully saturated rings. The minimum absolute atomic E-state index is 0. The second-order valence-electron chi connectivity index (χ2n) is 3.99. The van der Waals surface area contributed by atoms with Crippen molar-refractivity contribution >= 4 is 5.91 Å². The van der Waals surface area contributed by atoms with Gasteiger partial charge in [-0.05, 0) is 37.5 Å². The summed E-state index contributed by atoms with van der Waals surface area (Å²) >= 11 is 0. The molecule has 3 unspecified atom stereocenters. The van der Waals surface area contributed by atoms with Gasteiger partial charge in [0.15, 0.2) is 0 Å². The summed E-state index contributed by atoms with van der Waals surface area (Å²) in [7, 11) is 0. The predicted molar refractivity (Wildman–Crippen MR) is 42.9 cm³/mol. The van der Waals surface area contributed by atoms with Gasteiger partial charge in [0, 0.05) is 5.92 Å². The van der Waals surface area contributed by atoms with Crippen molar-refractivity contribution in [3.8, 4) is 0 Å². The van der Waals surface area contributed by atoms with Gasteiger partial charge in [-0.2, -0.15) is 0 Å². The van der Waals surface area contributed by atoms with E-state index in [9.17, 15) is 4.79 Å². The SMILES string of the molecule is [NH-]C(=O)C1CCC2CCC1C2.[Na+]. The van der Waals surface area contributed by atoms with E-state index in [0.717, 1.165) is 12.3 Å². The zero-order valence-corrected chi connectivity index (χ0v) is 9.68. The van der Waals surface area contributed by atoms with E-state index in [2.05, 4.69) is 0 Å². The Labute approximate surface area is 95.6 Å². The van der Waals surface area contributed by atoms with Gasteiger partial charge < -0.3 is 10.5 Å². The van der Waals surface area contributed by atoms with Gasteiger partial charge in [0.2, 0.25) is 0 Å². The molecular weight excluding hydrogens is 161 g/mol. The minimum Gasteiger partial charge on any atom is -0.668 e. The zero-order chi connectivity index (χ0) is 7.84. The van der Waals surface area contributed by atoms with Crippen molar-refractivity contribution < 1.29 is 34.4 Å². The summed E-state index contributed by atoms with van der Waals surface area (Å²) in [6, 6.07) is 0. The topological polar surface area (TPSA) is 40.9 Å². The number of rotatable bonds is 1. The molecule has 2 rings (SSSR count).